The van der Waals surface area contributed by atoms with Gasteiger partial charge in [0.1, 0.15) is 5.82 Å². The second-order valence-electron chi connectivity index (χ2n) is 7.07. The van der Waals surface area contributed by atoms with E-state index in [1.165, 1.54) is 0 Å². The van der Waals surface area contributed by atoms with Crippen LogP contribution in [0.4, 0.5) is 14.6 Å². The van der Waals surface area contributed by atoms with E-state index in [-0.39, 0.29) is 13.0 Å². The normalized spacial score (nSPS) is 25.7. The molecule has 120 valence electrons. The Morgan fingerprint density at radius 3 is 2.23 bits per heavy atom. The zero-order valence-corrected chi connectivity index (χ0v) is 13.4. The van der Waals surface area contributed by atoms with E-state index in [0.29, 0.717) is 12.4 Å². The molecule has 1 aromatic heterocycles. The number of nitrogens with zero attached hydrogens (tertiary/aromatic N) is 2. The van der Waals surface area contributed by atoms with Crippen molar-refractivity contribution in [3.05, 3.63) is 18.3 Å². The van der Waals surface area contributed by atoms with Crippen molar-refractivity contribution >= 4 is 18.4 Å². The molecule has 0 unspecified atom stereocenters. The van der Waals surface area contributed by atoms with E-state index < -0.39 is 24.2 Å². The highest BCUT2D eigenvalue weighted by Crippen LogP contribution is 2.36. The number of aromatic nitrogens is 1. The second-order valence-corrected chi connectivity index (χ2v) is 7.07. The Labute approximate surface area is 129 Å². The molecule has 2 fully saturated rings. The second kappa shape index (κ2) is 4.90. The van der Waals surface area contributed by atoms with Crippen molar-refractivity contribution in [2.24, 2.45) is 0 Å². The van der Waals surface area contributed by atoms with Crippen LogP contribution >= 0.6 is 0 Å². The predicted molar refractivity (Wildman–Crippen MR) is 81.7 cm³/mol. The van der Waals surface area contributed by atoms with Crippen molar-refractivity contribution in [3.63, 3.8) is 0 Å². The van der Waals surface area contributed by atoms with Crippen molar-refractivity contribution < 1.29 is 18.1 Å². The van der Waals surface area contributed by atoms with E-state index in [9.17, 15) is 8.78 Å². The van der Waals surface area contributed by atoms with E-state index >= 15 is 0 Å². The average Bonchev–Trinajstić information content (AvgIpc) is 2.87. The van der Waals surface area contributed by atoms with Crippen LogP contribution in [-0.4, -0.2) is 42.3 Å². The molecule has 0 atom stereocenters. The predicted octanol–water partition coefficient (Wildman–Crippen LogP) is 2.23. The summed E-state index contributed by atoms with van der Waals surface area (Å²) in [4.78, 5) is 5.90. The van der Waals surface area contributed by atoms with Crippen molar-refractivity contribution in [2.75, 3.05) is 18.0 Å². The topological polar surface area (TPSA) is 34.6 Å². The molecule has 0 saturated carbocycles. The zero-order valence-electron chi connectivity index (χ0n) is 13.4. The number of anilines is 1. The van der Waals surface area contributed by atoms with Gasteiger partial charge in [-0.05, 0) is 33.8 Å². The van der Waals surface area contributed by atoms with Gasteiger partial charge in [0.05, 0.1) is 17.7 Å². The van der Waals surface area contributed by atoms with Crippen LogP contribution in [-0.2, 0) is 9.31 Å². The van der Waals surface area contributed by atoms with E-state index in [4.69, 9.17) is 9.31 Å². The fourth-order valence-corrected chi connectivity index (χ4v) is 2.63. The molecule has 0 N–H and O–H groups in total. The van der Waals surface area contributed by atoms with Gasteiger partial charge in [0, 0.05) is 24.6 Å². The lowest BCUT2D eigenvalue weighted by atomic mass is 9.80. The molecule has 3 rings (SSSR count). The summed E-state index contributed by atoms with van der Waals surface area (Å²) >= 11 is 0. The summed E-state index contributed by atoms with van der Waals surface area (Å²) in [6.07, 6.45) is 1.53. The lowest BCUT2D eigenvalue weighted by Crippen LogP contribution is -2.41. The molecule has 0 amide bonds. The summed E-state index contributed by atoms with van der Waals surface area (Å²) in [6, 6.07) is 3.59. The van der Waals surface area contributed by atoms with Crippen LogP contribution in [0.1, 0.15) is 34.1 Å². The minimum atomic E-state index is -2.62. The molecule has 1 aromatic rings. The summed E-state index contributed by atoms with van der Waals surface area (Å²) in [5, 5.41) is 0. The van der Waals surface area contributed by atoms with Gasteiger partial charge in [0.25, 0.3) is 5.92 Å². The van der Waals surface area contributed by atoms with Gasteiger partial charge >= 0.3 is 7.12 Å². The maximum atomic E-state index is 13.3. The fraction of sp³-hybridized carbons (Fsp3) is 0.667. The molecular weight excluding hydrogens is 289 g/mol. The Hall–Kier alpha value is -1.21. The van der Waals surface area contributed by atoms with Gasteiger partial charge in [0.2, 0.25) is 0 Å². The third-order valence-corrected chi connectivity index (χ3v) is 4.79. The van der Waals surface area contributed by atoms with Crippen LogP contribution in [0, 0.1) is 0 Å². The molecule has 4 nitrogen and oxygen atoms in total. The summed E-state index contributed by atoms with van der Waals surface area (Å²) in [6.45, 7) is 8.01. The minimum Gasteiger partial charge on any atom is -0.399 e. The highest BCUT2D eigenvalue weighted by molar-refractivity contribution is 6.62. The molecule has 2 aliphatic rings. The molecule has 0 bridgehead atoms. The molecule has 0 radical (unpaired) electrons. The number of halogens is 2. The van der Waals surface area contributed by atoms with Gasteiger partial charge in [-0.3, -0.25) is 0 Å². The summed E-state index contributed by atoms with van der Waals surface area (Å²) < 4.78 is 38.4. The highest BCUT2D eigenvalue weighted by atomic mass is 19.3. The van der Waals surface area contributed by atoms with Gasteiger partial charge in [-0.15, -0.1) is 0 Å². The number of pyridine rings is 1. The summed E-state index contributed by atoms with van der Waals surface area (Å²) in [5.74, 6) is -2.05. The van der Waals surface area contributed by atoms with Crippen LogP contribution < -0.4 is 10.4 Å². The van der Waals surface area contributed by atoms with Gasteiger partial charge in [-0.2, -0.15) is 0 Å². The van der Waals surface area contributed by atoms with E-state index in [2.05, 4.69) is 4.98 Å². The quantitative estimate of drug-likeness (QED) is 0.785. The Kier molecular flexibility index (Phi) is 3.49. The van der Waals surface area contributed by atoms with Crippen molar-refractivity contribution in [3.8, 4) is 0 Å². The number of hydrogen-bond donors (Lipinski definition) is 0. The highest BCUT2D eigenvalue weighted by Gasteiger charge is 2.51. The first kappa shape index (κ1) is 15.7. The monoisotopic (exact) mass is 310 g/mol. The van der Waals surface area contributed by atoms with Crippen LogP contribution in [0.3, 0.4) is 0 Å². The lowest BCUT2D eigenvalue weighted by molar-refractivity contribution is 0.00578. The van der Waals surface area contributed by atoms with E-state index in [1.54, 1.807) is 17.2 Å². The first-order valence-corrected chi connectivity index (χ1v) is 7.54. The fourth-order valence-electron chi connectivity index (χ4n) is 2.63. The van der Waals surface area contributed by atoms with Crippen molar-refractivity contribution in [1.82, 2.24) is 4.98 Å². The van der Waals surface area contributed by atoms with E-state index in [1.807, 2.05) is 33.8 Å². The Morgan fingerprint density at radius 2 is 1.77 bits per heavy atom. The van der Waals surface area contributed by atoms with Crippen molar-refractivity contribution in [1.29, 1.82) is 0 Å². The number of rotatable bonds is 2. The first-order chi connectivity index (χ1) is 10.1. The number of hydrogen-bond acceptors (Lipinski definition) is 4. The molecule has 2 aliphatic heterocycles. The largest absolute Gasteiger partial charge is 0.496 e. The maximum absolute atomic E-state index is 13.3. The molecule has 2 saturated heterocycles. The Bertz CT molecular complexity index is 547. The average molecular weight is 310 g/mol. The standard InChI is InChI=1S/C15H21BF2N2O2/c1-13(2)14(3,4)22-16(21-13)11-5-6-12(19-9-11)20-8-7-15(17,18)10-20/h5-6,9H,7-8,10H2,1-4H3. The van der Waals surface area contributed by atoms with Gasteiger partial charge in [-0.1, -0.05) is 6.07 Å². The molecule has 3 heterocycles. The molecule has 22 heavy (non-hydrogen) atoms. The van der Waals surface area contributed by atoms with Crippen LogP contribution in [0.2, 0.25) is 0 Å². The van der Waals surface area contributed by atoms with Crippen LogP contribution in [0.5, 0.6) is 0 Å². The SMILES string of the molecule is CC1(C)OB(c2ccc(N3CCC(F)(F)C3)nc2)OC1(C)C. The maximum Gasteiger partial charge on any atom is 0.496 e. The Morgan fingerprint density at radius 1 is 1.14 bits per heavy atom. The summed E-state index contributed by atoms with van der Waals surface area (Å²) in [7, 11) is -0.480. The first-order valence-electron chi connectivity index (χ1n) is 7.54. The Balaban J connectivity index is 1.73. The number of alkyl halides is 2. The van der Waals surface area contributed by atoms with Crippen molar-refractivity contribution in [2.45, 2.75) is 51.2 Å². The third kappa shape index (κ3) is 2.72. The van der Waals surface area contributed by atoms with Crippen LogP contribution in [0.25, 0.3) is 0 Å². The van der Waals surface area contributed by atoms with Gasteiger partial charge in [0.15, 0.2) is 0 Å². The van der Waals surface area contributed by atoms with Gasteiger partial charge in [-0.25, -0.2) is 13.8 Å². The minimum absolute atomic E-state index is 0.117. The molecule has 7 heteroatoms. The van der Waals surface area contributed by atoms with Gasteiger partial charge < -0.3 is 14.2 Å². The lowest BCUT2D eigenvalue weighted by Gasteiger charge is -2.32. The molecular formula is C15H21BF2N2O2. The molecule has 0 aromatic carbocycles. The molecule has 0 spiro atoms. The summed E-state index contributed by atoms with van der Waals surface area (Å²) in [5.41, 5.74) is -0.0193. The zero-order chi connectivity index (χ0) is 16.2. The smallest absolute Gasteiger partial charge is 0.399 e. The third-order valence-electron chi connectivity index (χ3n) is 4.79. The van der Waals surface area contributed by atoms with E-state index in [0.717, 1.165) is 5.46 Å². The molecule has 0 aliphatic carbocycles. The van der Waals surface area contributed by atoms with Crippen LogP contribution in [0.15, 0.2) is 18.3 Å².